The lowest BCUT2D eigenvalue weighted by molar-refractivity contribution is 0.0930. The number of carbonyl (C=O) groups is 1. The van der Waals surface area contributed by atoms with Gasteiger partial charge in [0.2, 0.25) is 5.82 Å². The SMILES string of the molecule is Cc1nn(C)cc1CNC(=O)c1nc(N2CCOC[C@@H]2c2ccccc2)c2cc(-c3c(C)noc3C)ccc2n1. The second kappa shape index (κ2) is 10.5. The van der Waals surface area contributed by atoms with Gasteiger partial charge in [0.25, 0.3) is 5.91 Å². The van der Waals surface area contributed by atoms with Crippen LogP contribution in [0.5, 0.6) is 0 Å². The Kier molecular flexibility index (Phi) is 6.77. The number of morpholine rings is 1. The van der Waals surface area contributed by atoms with Gasteiger partial charge in [-0.3, -0.25) is 9.48 Å². The molecule has 1 atom stereocenters. The van der Waals surface area contributed by atoms with Crippen molar-refractivity contribution in [3.8, 4) is 11.1 Å². The Hall–Kier alpha value is -4.57. The first-order valence-corrected chi connectivity index (χ1v) is 13.3. The van der Waals surface area contributed by atoms with E-state index in [1.165, 1.54) is 0 Å². The van der Waals surface area contributed by atoms with Gasteiger partial charge in [-0.15, -0.1) is 0 Å². The van der Waals surface area contributed by atoms with E-state index in [-0.39, 0.29) is 17.8 Å². The number of aryl methyl sites for hydroxylation is 4. The van der Waals surface area contributed by atoms with Gasteiger partial charge in [-0.2, -0.15) is 5.10 Å². The maximum atomic E-state index is 13.4. The van der Waals surface area contributed by atoms with E-state index in [0.717, 1.165) is 44.8 Å². The first-order valence-electron chi connectivity index (χ1n) is 13.3. The Morgan fingerprint density at radius 3 is 2.62 bits per heavy atom. The molecule has 10 heteroatoms. The molecule has 0 spiro atoms. The van der Waals surface area contributed by atoms with Crippen molar-refractivity contribution in [2.24, 2.45) is 7.05 Å². The molecule has 204 valence electrons. The Labute approximate surface area is 232 Å². The molecule has 0 bridgehead atoms. The number of hydrogen-bond acceptors (Lipinski definition) is 8. The summed E-state index contributed by atoms with van der Waals surface area (Å²) in [6.45, 7) is 7.79. The van der Waals surface area contributed by atoms with E-state index in [1.54, 1.807) is 4.68 Å². The summed E-state index contributed by atoms with van der Waals surface area (Å²) in [4.78, 5) is 25.2. The van der Waals surface area contributed by atoms with Crippen LogP contribution < -0.4 is 10.2 Å². The first kappa shape index (κ1) is 25.7. The molecule has 0 aliphatic carbocycles. The summed E-state index contributed by atoms with van der Waals surface area (Å²) < 4.78 is 13.1. The van der Waals surface area contributed by atoms with Crippen molar-refractivity contribution >= 4 is 22.6 Å². The zero-order chi connectivity index (χ0) is 27.8. The number of hydrogen-bond donors (Lipinski definition) is 1. The number of nitrogens with one attached hydrogen (secondary N) is 1. The summed E-state index contributed by atoms with van der Waals surface area (Å²) in [5, 5.41) is 12.3. The summed E-state index contributed by atoms with van der Waals surface area (Å²) in [5.41, 5.74) is 6.34. The molecular formula is C30H31N7O3. The van der Waals surface area contributed by atoms with E-state index in [4.69, 9.17) is 19.2 Å². The van der Waals surface area contributed by atoms with Crippen molar-refractivity contribution in [1.82, 2.24) is 30.2 Å². The summed E-state index contributed by atoms with van der Waals surface area (Å²) in [7, 11) is 1.86. The molecule has 2 aromatic carbocycles. The summed E-state index contributed by atoms with van der Waals surface area (Å²) >= 11 is 0. The molecule has 0 saturated carbocycles. The molecule has 0 unspecified atom stereocenters. The molecule has 1 aliphatic rings. The second-order valence-corrected chi connectivity index (χ2v) is 10.1. The van der Waals surface area contributed by atoms with E-state index < -0.39 is 0 Å². The van der Waals surface area contributed by atoms with Crippen LogP contribution in [0.2, 0.25) is 0 Å². The van der Waals surface area contributed by atoms with Crippen LogP contribution in [0.15, 0.2) is 59.3 Å². The van der Waals surface area contributed by atoms with Gasteiger partial charge in [0.05, 0.1) is 36.2 Å². The lowest BCUT2D eigenvalue weighted by Crippen LogP contribution is -2.40. The van der Waals surface area contributed by atoms with Crippen molar-refractivity contribution < 1.29 is 14.1 Å². The maximum Gasteiger partial charge on any atom is 0.289 e. The van der Waals surface area contributed by atoms with Crippen LogP contribution in [-0.4, -0.2) is 50.6 Å². The zero-order valence-corrected chi connectivity index (χ0v) is 23.0. The Balaban J connectivity index is 1.45. The van der Waals surface area contributed by atoms with Crippen LogP contribution >= 0.6 is 0 Å². The van der Waals surface area contributed by atoms with Crippen LogP contribution in [0, 0.1) is 20.8 Å². The predicted molar refractivity (Wildman–Crippen MR) is 151 cm³/mol. The highest BCUT2D eigenvalue weighted by Crippen LogP contribution is 2.36. The lowest BCUT2D eigenvalue weighted by Gasteiger charge is -2.37. The van der Waals surface area contributed by atoms with Crippen molar-refractivity contribution in [2.45, 2.75) is 33.4 Å². The number of benzene rings is 2. The fourth-order valence-corrected chi connectivity index (χ4v) is 5.37. The average Bonchev–Trinajstić information content (AvgIpc) is 3.49. The Bertz CT molecular complexity index is 1670. The molecule has 40 heavy (non-hydrogen) atoms. The Morgan fingerprint density at radius 2 is 1.90 bits per heavy atom. The molecule has 1 fully saturated rings. The maximum absolute atomic E-state index is 13.4. The number of anilines is 1. The van der Waals surface area contributed by atoms with Gasteiger partial charge in [-0.25, -0.2) is 9.97 Å². The number of ether oxygens (including phenoxy) is 1. The van der Waals surface area contributed by atoms with Crippen molar-refractivity contribution in [2.75, 3.05) is 24.7 Å². The quantitative estimate of drug-likeness (QED) is 0.338. The van der Waals surface area contributed by atoms with Gasteiger partial charge in [-0.1, -0.05) is 41.6 Å². The highest BCUT2D eigenvalue weighted by atomic mass is 16.5. The van der Waals surface area contributed by atoms with E-state index in [2.05, 4.69) is 38.7 Å². The number of carbonyl (C=O) groups excluding carboxylic acids is 1. The van der Waals surface area contributed by atoms with Crippen LogP contribution in [0.1, 0.15) is 44.9 Å². The molecule has 5 aromatic rings. The van der Waals surface area contributed by atoms with Crippen LogP contribution in [0.25, 0.3) is 22.0 Å². The average molecular weight is 538 g/mol. The number of rotatable bonds is 6. The van der Waals surface area contributed by atoms with Crippen LogP contribution in [0.4, 0.5) is 5.82 Å². The number of aromatic nitrogens is 5. The summed E-state index contributed by atoms with van der Waals surface area (Å²) in [5.74, 6) is 1.21. The molecular weight excluding hydrogens is 506 g/mol. The monoisotopic (exact) mass is 537 g/mol. The van der Waals surface area contributed by atoms with E-state index in [1.807, 2.05) is 64.3 Å². The van der Waals surface area contributed by atoms with Gasteiger partial charge >= 0.3 is 0 Å². The van der Waals surface area contributed by atoms with Crippen LogP contribution in [-0.2, 0) is 18.3 Å². The largest absolute Gasteiger partial charge is 0.377 e. The molecule has 0 radical (unpaired) electrons. The van der Waals surface area contributed by atoms with Crippen molar-refractivity contribution in [1.29, 1.82) is 0 Å². The van der Waals surface area contributed by atoms with Crippen LogP contribution in [0.3, 0.4) is 0 Å². The molecule has 4 heterocycles. The standard InChI is InChI=1S/C30H31N7O3/c1-18-23(16-36(4)34-18)15-31-30(38)28-32-25-11-10-22(27-19(2)35-40-20(27)3)14-24(25)29(33-28)37-12-13-39-17-26(37)21-8-6-5-7-9-21/h5-11,14,16,26H,12-13,15,17H2,1-4H3,(H,31,38)/t26-/m1/s1. The lowest BCUT2D eigenvalue weighted by atomic mass is 10.0. The molecule has 1 aliphatic heterocycles. The van der Waals surface area contributed by atoms with Gasteiger partial charge in [0.1, 0.15) is 11.6 Å². The minimum Gasteiger partial charge on any atom is -0.377 e. The summed E-state index contributed by atoms with van der Waals surface area (Å²) in [6.07, 6.45) is 1.90. The van der Waals surface area contributed by atoms with E-state index in [0.29, 0.717) is 37.6 Å². The molecule has 6 rings (SSSR count). The van der Waals surface area contributed by atoms with Crippen molar-refractivity contribution in [3.63, 3.8) is 0 Å². The van der Waals surface area contributed by atoms with Gasteiger partial charge in [0.15, 0.2) is 0 Å². The summed E-state index contributed by atoms with van der Waals surface area (Å²) in [6, 6.07) is 16.1. The third-order valence-electron chi connectivity index (χ3n) is 7.34. The highest BCUT2D eigenvalue weighted by Gasteiger charge is 2.29. The zero-order valence-electron chi connectivity index (χ0n) is 23.0. The molecule has 1 N–H and O–H groups in total. The Morgan fingerprint density at radius 1 is 1.07 bits per heavy atom. The molecule has 1 amide bonds. The number of amides is 1. The minimum atomic E-state index is -0.342. The fraction of sp³-hybridized carbons (Fsp3) is 0.300. The normalized spacial score (nSPS) is 15.5. The van der Waals surface area contributed by atoms with E-state index in [9.17, 15) is 4.79 Å². The molecule has 10 nitrogen and oxygen atoms in total. The van der Waals surface area contributed by atoms with Gasteiger partial charge in [0, 0.05) is 42.8 Å². The topological polar surface area (TPSA) is 111 Å². The van der Waals surface area contributed by atoms with E-state index >= 15 is 0 Å². The molecule has 1 saturated heterocycles. The first-order chi connectivity index (χ1) is 19.4. The van der Waals surface area contributed by atoms with Crippen molar-refractivity contribution in [3.05, 3.63) is 88.8 Å². The van der Waals surface area contributed by atoms with Gasteiger partial charge in [-0.05, 0) is 44.0 Å². The number of fused-ring (bicyclic) bond motifs is 1. The highest BCUT2D eigenvalue weighted by molar-refractivity contribution is 5.98. The minimum absolute atomic E-state index is 0.0651. The smallest absolute Gasteiger partial charge is 0.289 e. The third kappa shape index (κ3) is 4.82. The predicted octanol–water partition coefficient (Wildman–Crippen LogP) is 4.45. The third-order valence-corrected chi connectivity index (χ3v) is 7.34. The molecule has 3 aromatic heterocycles. The second-order valence-electron chi connectivity index (χ2n) is 10.1. The fourth-order valence-electron chi connectivity index (χ4n) is 5.37. The number of nitrogens with zero attached hydrogens (tertiary/aromatic N) is 6. The van der Waals surface area contributed by atoms with Gasteiger partial charge < -0.3 is 19.5 Å².